The first-order valence-corrected chi connectivity index (χ1v) is 17.0. The van der Waals surface area contributed by atoms with Gasteiger partial charge in [0.05, 0.1) is 39.7 Å². The lowest BCUT2D eigenvalue weighted by molar-refractivity contribution is 0.625. The minimum Gasteiger partial charge on any atom is -0.358 e. The lowest BCUT2D eigenvalue weighted by Gasteiger charge is -2.12. The van der Waals surface area contributed by atoms with E-state index < -0.39 is 21.0 Å². The van der Waals surface area contributed by atoms with Crippen molar-refractivity contribution in [3.63, 3.8) is 0 Å². The van der Waals surface area contributed by atoms with Crippen LogP contribution in [0.1, 0.15) is 38.3 Å². The Morgan fingerprint density at radius 1 is 1.07 bits per heavy atom. The van der Waals surface area contributed by atoms with Crippen molar-refractivity contribution in [1.29, 1.82) is 0 Å². The van der Waals surface area contributed by atoms with E-state index in [9.17, 15) is 4.39 Å². The molecule has 0 aliphatic rings. The molecule has 5 rings (SSSR count). The number of allylic oxidation sites excluding steroid dienone is 2. The van der Waals surface area contributed by atoms with Gasteiger partial charge < -0.3 is 10.3 Å². The number of rotatable bonds is 11. The second-order valence-electron chi connectivity index (χ2n) is 11.8. The average Bonchev–Trinajstić information content (AvgIpc) is 3.62. The number of nitrogens with zero attached hydrogens (tertiary/aromatic N) is 4. The fraction of sp³-hybridized carbons (Fsp3) is 0.200. The summed E-state index contributed by atoms with van der Waals surface area (Å²) in [5.41, 5.74) is 5.51. The van der Waals surface area contributed by atoms with Crippen LogP contribution >= 0.6 is 9.39 Å². The largest absolute Gasteiger partial charge is 0.358 e. The number of anilines is 1. The molecule has 4 aromatic heterocycles. The fourth-order valence-electron chi connectivity index (χ4n) is 5.08. The van der Waals surface area contributed by atoms with Gasteiger partial charge in [0, 0.05) is 41.3 Å². The summed E-state index contributed by atoms with van der Waals surface area (Å²) in [5, 5.41) is 11.2. The first kappa shape index (κ1) is 32.5. The van der Waals surface area contributed by atoms with Crippen LogP contribution in [0.5, 0.6) is 0 Å². The molecule has 0 aliphatic heterocycles. The van der Waals surface area contributed by atoms with E-state index in [4.69, 9.17) is 4.98 Å². The third-order valence-electron chi connectivity index (χ3n) is 7.14. The number of hydrogen-bond acceptors (Lipinski definition) is 6. The molecule has 5 aromatic rings. The van der Waals surface area contributed by atoms with E-state index in [1.807, 2.05) is 12.3 Å². The second kappa shape index (κ2) is 13.2. The number of imidazole rings is 1. The van der Waals surface area contributed by atoms with Gasteiger partial charge in [0.2, 0.25) is 0 Å². The van der Waals surface area contributed by atoms with Gasteiger partial charge in [-0.15, -0.1) is 0 Å². The summed E-state index contributed by atoms with van der Waals surface area (Å²) in [6.45, 7) is 14.6. The minimum atomic E-state index is -1.48. The molecule has 0 aliphatic carbocycles. The summed E-state index contributed by atoms with van der Waals surface area (Å²) in [6.07, 6.45) is 10.9. The van der Waals surface area contributed by atoms with E-state index >= 15 is 4.39 Å². The molecule has 4 N–H and O–H groups in total. The topological polar surface area (TPSA) is 107 Å². The molecule has 0 amide bonds. The maximum Gasteiger partial charge on any atom is 0.159 e. The number of nitrogens with one attached hydrogen (secondary N) is 4. The van der Waals surface area contributed by atoms with E-state index in [0.29, 0.717) is 57.0 Å². The van der Waals surface area contributed by atoms with E-state index in [0.717, 1.165) is 17.7 Å². The van der Waals surface area contributed by atoms with Gasteiger partial charge in [0.25, 0.3) is 0 Å². The molecule has 8 nitrogen and oxygen atoms in total. The molecule has 4 heterocycles. The summed E-state index contributed by atoms with van der Waals surface area (Å²) in [7, 11) is -1.48. The van der Waals surface area contributed by atoms with Crippen molar-refractivity contribution in [2.75, 3.05) is 11.6 Å². The van der Waals surface area contributed by atoms with Gasteiger partial charge in [-0.2, -0.15) is 14.5 Å². The van der Waals surface area contributed by atoms with Crippen LogP contribution in [0.4, 0.5) is 14.5 Å². The van der Waals surface area contributed by atoms with Crippen LogP contribution in [-0.4, -0.2) is 48.1 Å². The highest BCUT2D eigenvalue weighted by Crippen LogP contribution is 2.30. The number of pyridine rings is 2. The number of H-pyrrole nitrogens is 2. The molecule has 238 valence electrons. The average molecular weight is 641 g/mol. The Labute approximate surface area is 267 Å². The predicted molar refractivity (Wildman–Crippen MR) is 191 cm³/mol. The first-order valence-electron chi connectivity index (χ1n) is 14.7. The van der Waals surface area contributed by atoms with Crippen molar-refractivity contribution < 1.29 is 8.78 Å². The van der Waals surface area contributed by atoms with Gasteiger partial charge in [-0.25, -0.2) is 13.8 Å². The maximum atomic E-state index is 16.4. The van der Waals surface area contributed by atoms with Gasteiger partial charge in [-0.1, -0.05) is 44.8 Å². The molecule has 0 fully saturated rings. The normalized spacial score (nSPS) is 13.0. The number of benzene rings is 1. The van der Waals surface area contributed by atoms with Crippen LogP contribution in [-0.2, 0) is 6.54 Å². The SMILES string of the molecule is C=C(CC(C)C)Nc1cncc(C(=C)/C(F)=c2/c(-c3nc4c(-c5cc(F)cc(CNS(=C)(=C)C)c5)cncc4[nH]3)n[nH]/c2=C/C)c1. The highest BCUT2D eigenvalue weighted by molar-refractivity contribution is 8.25. The number of halogens is 2. The quantitative estimate of drug-likeness (QED) is 0.124. The molecular weight excluding hydrogens is 603 g/mol. The van der Waals surface area contributed by atoms with Crippen LogP contribution in [0, 0.1) is 11.7 Å². The molecule has 46 heavy (non-hydrogen) atoms. The van der Waals surface area contributed by atoms with Crippen molar-refractivity contribution in [3.8, 4) is 22.6 Å². The van der Waals surface area contributed by atoms with E-state index in [1.165, 1.54) is 12.1 Å². The van der Waals surface area contributed by atoms with Crippen LogP contribution in [0.25, 0.3) is 51.2 Å². The summed E-state index contributed by atoms with van der Waals surface area (Å²) < 4.78 is 34.4. The van der Waals surface area contributed by atoms with Crippen molar-refractivity contribution in [1.82, 2.24) is 34.9 Å². The minimum absolute atomic E-state index is 0.137. The molecule has 0 saturated heterocycles. The summed E-state index contributed by atoms with van der Waals surface area (Å²) in [5.74, 6) is 7.84. The van der Waals surface area contributed by atoms with Crippen molar-refractivity contribution >= 4 is 55.3 Å². The van der Waals surface area contributed by atoms with Crippen LogP contribution in [0.15, 0.2) is 67.9 Å². The smallest absolute Gasteiger partial charge is 0.159 e. The highest BCUT2D eigenvalue weighted by atomic mass is 32.2. The highest BCUT2D eigenvalue weighted by Gasteiger charge is 2.19. The molecule has 0 bridgehead atoms. The zero-order chi connectivity index (χ0) is 33.2. The first-order chi connectivity index (χ1) is 21.8. The van der Waals surface area contributed by atoms with Gasteiger partial charge in [-0.3, -0.25) is 19.8 Å². The van der Waals surface area contributed by atoms with Crippen molar-refractivity contribution in [2.24, 2.45) is 5.92 Å². The second-order valence-corrected chi connectivity index (χ2v) is 14.7. The number of aromatic nitrogens is 6. The Hall–Kier alpha value is -4.87. The van der Waals surface area contributed by atoms with Crippen LogP contribution < -0.4 is 20.6 Å². The third kappa shape index (κ3) is 7.32. The molecule has 0 atom stereocenters. The Bertz CT molecular complexity index is 2190. The molecule has 1 aromatic carbocycles. The number of fused-ring (bicyclic) bond motifs is 1. The molecular formula is C35H38F2N8S. The summed E-state index contributed by atoms with van der Waals surface area (Å²) in [4.78, 5) is 16.7. The lowest BCUT2D eigenvalue weighted by Crippen LogP contribution is -2.26. The Balaban J connectivity index is 1.56. The monoisotopic (exact) mass is 640 g/mol. The molecule has 11 heteroatoms. The molecule has 0 radical (unpaired) electrons. The Morgan fingerprint density at radius 2 is 1.83 bits per heavy atom. The zero-order valence-corrected chi connectivity index (χ0v) is 27.3. The maximum absolute atomic E-state index is 16.4. The van der Waals surface area contributed by atoms with E-state index in [1.54, 1.807) is 43.9 Å². The molecule has 0 unspecified atom stereocenters. The summed E-state index contributed by atoms with van der Waals surface area (Å²) in [6, 6.07) is 6.57. The van der Waals surface area contributed by atoms with Crippen molar-refractivity contribution in [3.05, 3.63) is 95.4 Å². The van der Waals surface area contributed by atoms with E-state index in [2.05, 4.69) is 73.9 Å². The lowest BCUT2D eigenvalue weighted by atomic mass is 10.0. The van der Waals surface area contributed by atoms with E-state index in [-0.39, 0.29) is 16.5 Å². The fourth-order valence-corrected chi connectivity index (χ4v) is 5.59. The molecule has 0 saturated carbocycles. The van der Waals surface area contributed by atoms with Crippen molar-refractivity contribution in [2.45, 2.75) is 33.7 Å². The van der Waals surface area contributed by atoms with Gasteiger partial charge in [-0.05, 0) is 60.9 Å². The van der Waals surface area contributed by atoms with Gasteiger partial charge in [0.15, 0.2) is 5.82 Å². The third-order valence-corrected chi connectivity index (χ3v) is 7.98. The van der Waals surface area contributed by atoms with Crippen LogP contribution in [0.2, 0.25) is 0 Å². The van der Waals surface area contributed by atoms with Crippen LogP contribution in [0.3, 0.4) is 0 Å². The van der Waals surface area contributed by atoms with Gasteiger partial charge >= 0.3 is 0 Å². The summed E-state index contributed by atoms with van der Waals surface area (Å²) >= 11 is 0. The number of hydrogen-bond donors (Lipinski definition) is 4. The van der Waals surface area contributed by atoms with Gasteiger partial charge in [0.1, 0.15) is 17.3 Å². The standard InChI is InChI=1S/C35H38F2N8S/c1-9-29-31(32(37)22(5)25-14-27(17-38-16-25)41-21(4)10-20(2)3)34(45-44-29)35-42-30-19-39-18-28(33(30)43-35)24-11-23(12-26(36)13-24)15-40-46(6,7)8/h9,11-14,16-20,40-41,44H,4-7,10,15H2,1-3,8H3,(H,42,43)/b29-9+,32-31-. The molecule has 0 spiro atoms. The Kier molecular flexibility index (Phi) is 9.36. The Morgan fingerprint density at radius 3 is 2.54 bits per heavy atom. The zero-order valence-electron chi connectivity index (χ0n) is 26.5. The predicted octanol–water partition coefficient (Wildman–Crippen LogP) is 6.42. The number of aromatic amines is 2.